The third-order valence-corrected chi connectivity index (χ3v) is 6.85. The van der Waals surface area contributed by atoms with E-state index in [1.54, 1.807) is 10.7 Å². The largest absolute Gasteiger partial charge is 0.492 e. The smallest absolute Gasteiger partial charge is 0.249 e. The molecule has 0 unspecified atom stereocenters. The second-order valence-electron chi connectivity index (χ2n) is 9.09. The molecule has 2 aromatic heterocycles. The fraction of sp³-hybridized carbons (Fsp3) is 0.296. The van der Waals surface area contributed by atoms with Crippen LogP contribution in [-0.2, 0) is 7.05 Å². The van der Waals surface area contributed by atoms with Gasteiger partial charge in [-0.25, -0.2) is 4.98 Å². The summed E-state index contributed by atoms with van der Waals surface area (Å²) in [5.41, 5.74) is 10.9. The summed E-state index contributed by atoms with van der Waals surface area (Å²) in [5.74, 6) is 0.122. The van der Waals surface area contributed by atoms with Crippen molar-refractivity contribution in [3.8, 4) is 17.0 Å². The van der Waals surface area contributed by atoms with Crippen molar-refractivity contribution in [2.24, 2.45) is 12.8 Å². The fourth-order valence-corrected chi connectivity index (χ4v) is 4.62. The zero-order chi connectivity index (χ0) is 23.8. The Kier molecular flexibility index (Phi) is 5.79. The maximum atomic E-state index is 12.5. The molecule has 1 fully saturated rings. The SMILES string of the molecule is C[C@@H](c1ccc(OC[C@@H]2CCN2C)cc1C(N)=O)c1cc(-c2cnn(C)c2)nc2ccccc12. The number of rotatable bonds is 7. The average Bonchev–Trinajstić information content (AvgIpc) is 3.28. The Balaban J connectivity index is 1.54. The molecule has 3 heterocycles. The van der Waals surface area contributed by atoms with E-state index < -0.39 is 5.91 Å². The third kappa shape index (κ3) is 4.15. The van der Waals surface area contributed by atoms with Crippen LogP contribution in [-0.4, -0.2) is 51.8 Å². The van der Waals surface area contributed by atoms with Crippen LogP contribution in [0, 0.1) is 0 Å². The van der Waals surface area contributed by atoms with Gasteiger partial charge >= 0.3 is 0 Å². The summed E-state index contributed by atoms with van der Waals surface area (Å²) in [6.07, 6.45) is 4.89. The summed E-state index contributed by atoms with van der Waals surface area (Å²) in [6, 6.07) is 16.2. The van der Waals surface area contributed by atoms with Crippen molar-refractivity contribution in [2.45, 2.75) is 25.3 Å². The Morgan fingerprint density at radius 1 is 1.18 bits per heavy atom. The van der Waals surface area contributed by atoms with Crippen molar-refractivity contribution in [1.29, 1.82) is 0 Å². The van der Waals surface area contributed by atoms with E-state index in [-0.39, 0.29) is 5.92 Å². The van der Waals surface area contributed by atoms with E-state index in [0.29, 0.717) is 24.0 Å². The number of hydrogen-bond donors (Lipinski definition) is 1. The van der Waals surface area contributed by atoms with Crippen molar-refractivity contribution >= 4 is 16.8 Å². The molecule has 5 rings (SSSR count). The van der Waals surface area contributed by atoms with Crippen molar-refractivity contribution in [3.63, 3.8) is 0 Å². The Labute approximate surface area is 199 Å². The van der Waals surface area contributed by atoms with Gasteiger partial charge in [0.05, 0.1) is 17.4 Å². The van der Waals surface area contributed by atoms with E-state index in [4.69, 9.17) is 15.5 Å². The summed E-state index contributed by atoms with van der Waals surface area (Å²) in [6.45, 7) is 3.80. The first-order valence-corrected chi connectivity index (χ1v) is 11.6. The first kappa shape index (κ1) is 22.1. The van der Waals surface area contributed by atoms with E-state index in [1.165, 1.54) is 0 Å². The maximum Gasteiger partial charge on any atom is 0.249 e. The Hall–Kier alpha value is -3.71. The van der Waals surface area contributed by atoms with E-state index in [9.17, 15) is 4.79 Å². The van der Waals surface area contributed by atoms with Crippen molar-refractivity contribution < 1.29 is 9.53 Å². The third-order valence-electron chi connectivity index (χ3n) is 6.85. The van der Waals surface area contributed by atoms with E-state index >= 15 is 0 Å². The predicted octanol–water partition coefficient (Wildman–Crippen LogP) is 3.97. The average molecular weight is 456 g/mol. The molecule has 34 heavy (non-hydrogen) atoms. The molecule has 2 aromatic carbocycles. The second-order valence-corrected chi connectivity index (χ2v) is 9.09. The lowest BCUT2D eigenvalue weighted by Crippen LogP contribution is -2.48. The topological polar surface area (TPSA) is 86.3 Å². The highest BCUT2D eigenvalue weighted by molar-refractivity contribution is 5.95. The standard InChI is InChI=1S/C27H29N5O2/c1-17(21-9-8-20(12-24(21)27(28)33)34-16-19-10-11-31(19)2)23-13-26(18-14-29-32(3)15-18)30-25-7-5-4-6-22(23)25/h4-9,12-15,17,19H,10-11,16H2,1-3H3,(H2,28,33)/t17-,19-/m0/s1. The number of pyridine rings is 1. The minimum absolute atomic E-state index is 0.0855. The van der Waals surface area contributed by atoms with Gasteiger partial charge in [0.15, 0.2) is 0 Å². The number of aryl methyl sites for hydroxylation is 1. The van der Waals surface area contributed by atoms with Gasteiger partial charge in [-0.15, -0.1) is 0 Å². The highest BCUT2D eigenvalue weighted by atomic mass is 16.5. The normalized spacial score (nSPS) is 16.9. The van der Waals surface area contributed by atoms with Gasteiger partial charge in [0.1, 0.15) is 12.4 Å². The zero-order valence-corrected chi connectivity index (χ0v) is 19.7. The van der Waals surface area contributed by atoms with E-state index in [0.717, 1.165) is 46.3 Å². The fourth-order valence-electron chi connectivity index (χ4n) is 4.62. The van der Waals surface area contributed by atoms with Gasteiger partial charge in [0.25, 0.3) is 0 Å². The number of benzene rings is 2. The number of amides is 1. The molecule has 174 valence electrons. The summed E-state index contributed by atoms with van der Waals surface area (Å²) in [7, 11) is 3.98. The number of aromatic nitrogens is 3. The number of nitrogens with zero attached hydrogens (tertiary/aromatic N) is 4. The van der Waals surface area contributed by atoms with Crippen LogP contribution in [0.25, 0.3) is 22.2 Å². The molecule has 0 aliphatic carbocycles. The predicted molar refractivity (Wildman–Crippen MR) is 133 cm³/mol. The van der Waals surface area contributed by atoms with Crippen LogP contribution >= 0.6 is 0 Å². The van der Waals surface area contributed by atoms with Gasteiger partial charge in [-0.1, -0.05) is 31.2 Å². The van der Waals surface area contributed by atoms with Crippen LogP contribution in [0.1, 0.15) is 40.7 Å². The Bertz CT molecular complexity index is 1360. The molecule has 1 saturated heterocycles. The molecule has 0 bridgehead atoms. The Morgan fingerprint density at radius 2 is 2.00 bits per heavy atom. The number of primary amides is 1. The summed E-state index contributed by atoms with van der Waals surface area (Å²) in [5, 5.41) is 5.34. The monoisotopic (exact) mass is 455 g/mol. The lowest BCUT2D eigenvalue weighted by molar-refractivity contribution is 0.0768. The number of ether oxygens (including phenoxy) is 1. The molecule has 1 aliphatic rings. The molecule has 4 aromatic rings. The highest BCUT2D eigenvalue weighted by Crippen LogP contribution is 2.35. The number of nitrogens with two attached hydrogens (primary N) is 1. The number of para-hydroxylation sites is 1. The quantitative estimate of drug-likeness (QED) is 0.456. The number of hydrogen-bond acceptors (Lipinski definition) is 5. The van der Waals surface area contributed by atoms with Gasteiger partial charge in [0.2, 0.25) is 5.91 Å². The van der Waals surface area contributed by atoms with E-state index in [1.807, 2.05) is 49.8 Å². The summed E-state index contributed by atoms with van der Waals surface area (Å²) >= 11 is 0. The number of carbonyl (C=O) groups excluding carboxylic acids is 1. The number of likely N-dealkylation sites (tertiary alicyclic amines) is 1. The molecule has 0 radical (unpaired) electrons. The summed E-state index contributed by atoms with van der Waals surface area (Å²) < 4.78 is 7.76. The molecular formula is C27H29N5O2. The van der Waals surface area contributed by atoms with Crippen LogP contribution in [0.4, 0.5) is 0 Å². The highest BCUT2D eigenvalue weighted by Gasteiger charge is 2.25. The minimum atomic E-state index is -0.459. The van der Waals surface area contributed by atoms with Crippen LogP contribution in [0.3, 0.4) is 0 Å². The molecule has 0 saturated carbocycles. The second kappa shape index (κ2) is 8.91. The van der Waals surface area contributed by atoms with E-state index in [2.05, 4.69) is 36.1 Å². The molecule has 1 amide bonds. The Morgan fingerprint density at radius 3 is 2.68 bits per heavy atom. The summed E-state index contributed by atoms with van der Waals surface area (Å²) in [4.78, 5) is 19.6. The molecule has 7 nitrogen and oxygen atoms in total. The van der Waals surface area contributed by atoms with Crippen molar-refractivity contribution in [3.05, 3.63) is 77.6 Å². The minimum Gasteiger partial charge on any atom is -0.492 e. The van der Waals surface area contributed by atoms with Crippen LogP contribution in [0.5, 0.6) is 5.75 Å². The van der Waals surface area contributed by atoms with Gasteiger partial charge in [0, 0.05) is 41.7 Å². The van der Waals surface area contributed by atoms with Gasteiger partial charge in [-0.2, -0.15) is 5.10 Å². The van der Waals surface area contributed by atoms with Crippen LogP contribution in [0.2, 0.25) is 0 Å². The number of likely N-dealkylation sites (N-methyl/N-ethyl adjacent to an activating group) is 1. The van der Waals surface area contributed by atoms with Crippen molar-refractivity contribution in [1.82, 2.24) is 19.7 Å². The molecule has 1 aliphatic heterocycles. The van der Waals surface area contributed by atoms with Gasteiger partial charge in [-0.05, 0) is 55.4 Å². The first-order chi connectivity index (χ1) is 16.4. The molecule has 2 N–H and O–H groups in total. The lowest BCUT2D eigenvalue weighted by Gasteiger charge is -2.37. The number of fused-ring (bicyclic) bond motifs is 1. The zero-order valence-electron chi connectivity index (χ0n) is 19.7. The molecule has 2 atom stereocenters. The van der Waals surface area contributed by atoms with Gasteiger partial charge < -0.3 is 10.5 Å². The van der Waals surface area contributed by atoms with Gasteiger partial charge in [-0.3, -0.25) is 14.4 Å². The maximum absolute atomic E-state index is 12.5. The lowest BCUT2D eigenvalue weighted by atomic mass is 9.86. The molecule has 0 spiro atoms. The van der Waals surface area contributed by atoms with Crippen LogP contribution < -0.4 is 10.5 Å². The first-order valence-electron chi connectivity index (χ1n) is 11.6. The van der Waals surface area contributed by atoms with Crippen LogP contribution in [0.15, 0.2) is 60.9 Å². The number of carbonyl (C=O) groups is 1. The van der Waals surface area contributed by atoms with Crippen molar-refractivity contribution in [2.75, 3.05) is 20.2 Å². The molecule has 7 heteroatoms. The molecular weight excluding hydrogens is 426 g/mol.